The molecule has 0 atom stereocenters. The van der Waals surface area contributed by atoms with Crippen molar-refractivity contribution in [2.45, 2.75) is 25.7 Å². The molecule has 0 heterocycles. The Morgan fingerprint density at radius 3 is 2.93 bits per heavy atom. The van der Waals surface area contributed by atoms with E-state index in [0.717, 1.165) is 13.0 Å². The Morgan fingerprint density at radius 1 is 1.21 bits per heavy atom. The minimum absolute atomic E-state index is 0.0743. The first kappa shape index (κ1) is 9.69. The molecule has 2 nitrogen and oxygen atoms in total. The second-order valence-corrected chi connectivity index (χ2v) is 3.86. The van der Waals surface area contributed by atoms with Crippen molar-refractivity contribution in [3.8, 4) is 0 Å². The summed E-state index contributed by atoms with van der Waals surface area (Å²) in [5.74, 6) is 0. The maximum Gasteiger partial charge on any atom is 0.0931 e. The maximum absolute atomic E-state index is 8.59. The third kappa shape index (κ3) is 2.14. The second-order valence-electron chi connectivity index (χ2n) is 3.86. The molecule has 2 heteroatoms. The molecule has 0 aliphatic heterocycles. The quantitative estimate of drug-likeness (QED) is 0.554. The molecular formula is C12H17NO. The highest BCUT2D eigenvalue weighted by molar-refractivity contribution is 5.35. The number of nitrogens with one attached hydrogen (secondary N) is 1. The number of aryl methyl sites for hydroxylation is 2. The maximum atomic E-state index is 8.59. The van der Waals surface area contributed by atoms with E-state index < -0.39 is 0 Å². The summed E-state index contributed by atoms with van der Waals surface area (Å²) in [4.78, 5) is 0. The van der Waals surface area contributed by atoms with Gasteiger partial charge < -0.3 is 5.11 Å². The Kier molecular flexibility index (Phi) is 3.17. The Hall–Kier alpha value is -0.860. The lowest BCUT2D eigenvalue weighted by Crippen LogP contribution is -2.17. The summed E-state index contributed by atoms with van der Waals surface area (Å²) in [7, 11) is 0. The molecule has 0 saturated carbocycles. The highest BCUT2D eigenvalue weighted by Gasteiger charge is 2.10. The van der Waals surface area contributed by atoms with E-state index in [-0.39, 0.29) is 6.73 Å². The van der Waals surface area contributed by atoms with Crippen molar-refractivity contribution in [3.63, 3.8) is 0 Å². The molecule has 1 aliphatic carbocycles. The van der Waals surface area contributed by atoms with Crippen molar-refractivity contribution in [1.82, 2.24) is 5.32 Å². The van der Waals surface area contributed by atoms with Gasteiger partial charge in [-0.05, 0) is 42.4 Å². The fraction of sp³-hybridized carbons (Fsp3) is 0.500. The predicted molar refractivity (Wildman–Crippen MR) is 57.3 cm³/mol. The zero-order valence-corrected chi connectivity index (χ0v) is 8.42. The lowest BCUT2D eigenvalue weighted by atomic mass is 10.0. The van der Waals surface area contributed by atoms with E-state index in [0.29, 0.717) is 0 Å². The minimum atomic E-state index is 0.0743. The first-order chi connectivity index (χ1) is 6.90. The summed E-state index contributed by atoms with van der Waals surface area (Å²) in [5, 5.41) is 11.5. The van der Waals surface area contributed by atoms with Gasteiger partial charge in [-0.1, -0.05) is 18.2 Å². The molecule has 0 fully saturated rings. The van der Waals surface area contributed by atoms with Crippen LogP contribution in [0.5, 0.6) is 0 Å². The lowest BCUT2D eigenvalue weighted by Gasteiger charge is -2.05. The van der Waals surface area contributed by atoms with Gasteiger partial charge in [-0.25, -0.2) is 0 Å². The number of aliphatic hydroxyl groups is 1. The van der Waals surface area contributed by atoms with Crippen LogP contribution < -0.4 is 5.32 Å². The Balaban J connectivity index is 1.98. The fourth-order valence-electron chi connectivity index (χ4n) is 2.09. The molecule has 1 aromatic carbocycles. The lowest BCUT2D eigenvalue weighted by molar-refractivity contribution is 0.262. The zero-order chi connectivity index (χ0) is 9.80. The molecular weight excluding hydrogens is 174 g/mol. The van der Waals surface area contributed by atoms with Gasteiger partial charge in [-0.3, -0.25) is 5.32 Å². The summed E-state index contributed by atoms with van der Waals surface area (Å²) in [5.41, 5.74) is 4.45. The standard InChI is InChI=1S/C12H17NO/c14-9-13-7-6-10-4-5-11-2-1-3-12(11)8-10/h4-5,8,13-14H,1-3,6-7,9H2. The van der Waals surface area contributed by atoms with Gasteiger partial charge in [0.25, 0.3) is 0 Å². The fourth-order valence-corrected chi connectivity index (χ4v) is 2.09. The van der Waals surface area contributed by atoms with Crippen LogP contribution in [-0.2, 0) is 19.3 Å². The van der Waals surface area contributed by atoms with Gasteiger partial charge in [0.15, 0.2) is 0 Å². The van der Waals surface area contributed by atoms with Gasteiger partial charge in [-0.15, -0.1) is 0 Å². The van der Waals surface area contributed by atoms with E-state index in [4.69, 9.17) is 5.11 Å². The minimum Gasteiger partial charge on any atom is -0.381 e. The van der Waals surface area contributed by atoms with Gasteiger partial charge in [-0.2, -0.15) is 0 Å². The predicted octanol–water partition coefficient (Wildman–Crippen LogP) is 1.26. The summed E-state index contributed by atoms with van der Waals surface area (Å²) >= 11 is 0. The van der Waals surface area contributed by atoms with Crippen LogP contribution in [0.4, 0.5) is 0 Å². The molecule has 0 saturated heterocycles. The first-order valence-electron chi connectivity index (χ1n) is 5.32. The van der Waals surface area contributed by atoms with Gasteiger partial charge in [0.05, 0.1) is 6.73 Å². The summed E-state index contributed by atoms with van der Waals surface area (Å²) < 4.78 is 0. The highest BCUT2D eigenvalue weighted by atomic mass is 16.3. The number of rotatable bonds is 4. The molecule has 2 rings (SSSR count). The number of aliphatic hydroxyl groups excluding tert-OH is 1. The zero-order valence-electron chi connectivity index (χ0n) is 8.42. The largest absolute Gasteiger partial charge is 0.381 e. The molecule has 0 aromatic heterocycles. The third-order valence-electron chi connectivity index (χ3n) is 2.87. The van der Waals surface area contributed by atoms with Crippen molar-refractivity contribution < 1.29 is 5.11 Å². The van der Waals surface area contributed by atoms with E-state index >= 15 is 0 Å². The SMILES string of the molecule is OCNCCc1ccc2c(c1)CCC2. The smallest absolute Gasteiger partial charge is 0.0931 e. The monoisotopic (exact) mass is 191 g/mol. The Bertz CT molecular complexity index is 309. The first-order valence-corrected chi connectivity index (χ1v) is 5.32. The van der Waals surface area contributed by atoms with Crippen molar-refractivity contribution in [1.29, 1.82) is 0 Å². The van der Waals surface area contributed by atoms with Crippen LogP contribution in [0.15, 0.2) is 18.2 Å². The van der Waals surface area contributed by atoms with E-state index in [1.54, 1.807) is 0 Å². The average molecular weight is 191 g/mol. The Morgan fingerprint density at radius 2 is 2.07 bits per heavy atom. The van der Waals surface area contributed by atoms with Crippen LogP contribution in [0.2, 0.25) is 0 Å². The Labute approximate surface area is 85.0 Å². The van der Waals surface area contributed by atoms with Crippen LogP contribution in [-0.4, -0.2) is 18.4 Å². The van der Waals surface area contributed by atoms with Crippen LogP contribution in [0.25, 0.3) is 0 Å². The van der Waals surface area contributed by atoms with Crippen LogP contribution in [0.1, 0.15) is 23.1 Å². The average Bonchev–Trinajstić information content (AvgIpc) is 2.65. The van der Waals surface area contributed by atoms with E-state index in [9.17, 15) is 0 Å². The molecule has 1 aliphatic rings. The number of hydrogen-bond acceptors (Lipinski definition) is 2. The van der Waals surface area contributed by atoms with Crippen molar-refractivity contribution >= 4 is 0 Å². The van der Waals surface area contributed by atoms with E-state index in [2.05, 4.69) is 23.5 Å². The summed E-state index contributed by atoms with van der Waals surface area (Å²) in [6.07, 6.45) is 4.82. The van der Waals surface area contributed by atoms with Gasteiger partial charge >= 0.3 is 0 Å². The molecule has 0 bridgehead atoms. The van der Waals surface area contributed by atoms with E-state index in [1.807, 2.05) is 0 Å². The van der Waals surface area contributed by atoms with Crippen LogP contribution in [0, 0.1) is 0 Å². The molecule has 2 N–H and O–H groups in total. The highest BCUT2D eigenvalue weighted by Crippen LogP contribution is 2.22. The molecule has 14 heavy (non-hydrogen) atoms. The van der Waals surface area contributed by atoms with Crippen LogP contribution in [0.3, 0.4) is 0 Å². The molecule has 1 aromatic rings. The molecule has 0 radical (unpaired) electrons. The molecule has 76 valence electrons. The summed E-state index contributed by atoms with van der Waals surface area (Å²) in [6, 6.07) is 6.79. The van der Waals surface area contributed by atoms with Crippen molar-refractivity contribution in [3.05, 3.63) is 34.9 Å². The number of fused-ring (bicyclic) bond motifs is 1. The van der Waals surface area contributed by atoms with Gasteiger partial charge in [0, 0.05) is 6.54 Å². The molecule has 0 spiro atoms. The molecule has 0 amide bonds. The van der Waals surface area contributed by atoms with Crippen molar-refractivity contribution in [2.75, 3.05) is 13.3 Å². The number of hydrogen-bond donors (Lipinski definition) is 2. The van der Waals surface area contributed by atoms with E-state index in [1.165, 1.54) is 36.0 Å². The molecule has 0 unspecified atom stereocenters. The normalized spacial score (nSPS) is 14.4. The summed E-state index contributed by atoms with van der Waals surface area (Å²) in [6.45, 7) is 0.931. The third-order valence-corrected chi connectivity index (χ3v) is 2.87. The van der Waals surface area contributed by atoms with Gasteiger partial charge in [0.1, 0.15) is 0 Å². The number of benzene rings is 1. The topological polar surface area (TPSA) is 32.3 Å². The second kappa shape index (κ2) is 4.58. The van der Waals surface area contributed by atoms with Crippen LogP contribution >= 0.6 is 0 Å². The van der Waals surface area contributed by atoms with Crippen molar-refractivity contribution in [2.24, 2.45) is 0 Å². The van der Waals surface area contributed by atoms with Gasteiger partial charge in [0.2, 0.25) is 0 Å².